The fourth-order valence-electron chi connectivity index (χ4n) is 4.55. The number of nitrogens with one attached hydrogen (secondary N) is 2. The quantitative estimate of drug-likeness (QED) is 0.665. The molecular formula is C23H33F3N4O2. The van der Waals surface area contributed by atoms with Crippen molar-refractivity contribution in [2.75, 3.05) is 44.2 Å². The van der Waals surface area contributed by atoms with E-state index in [1.165, 1.54) is 19.1 Å². The molecule has 32 heavy (non-hydrogen) atoms. The van der Waals surface area contributed by atoms with Crippen molar-refractivity contribution in [2.24, 2.45) is 5.92 Å². The van der Waals surface area contributed by atoms with E-state index in [4.69, 9.17) is 0 Å². The molecule has 1 heterocycles. The minimum atomic E-state index is -4.31. The van der Waals surface area contributed by atoms with Gasteiger partial charge in [0.1, 0.15) is 0 Å². The molecule has 6 nitrogen and oxygen atoms in total. The van der Waals surface area contributed by atoms with Gasteiger partial charge in [-0.2, -0.15) is 13.2 Å². The van der Waals surface area contributed by atoms with Crippen LogP contribution in [0.1, 0.15) is 44.6 Å². The Hall–Kier alpha value is -2.29. The van der Waals surface area contributed by atoms with E-state index in [0.717, 1.165) is 70.9 Å². The maximum atomic E-state index is 13.0. The number of carbonyl (C=O) groups excluding carboxylic acids is 2. The molecule has 0 bridgehead atoms. The van der Waals surface area contributed by atoms with Crippen molar-refractivity contribution in [3.63, 3.8) is 0 Å². The number of alkyl halides is 3. The lowest BCUT2D eigenvalue weighted by Crippen LogP contribution is -2.47. The zero-order chi connectivity index (χ0) is 23.1. The topological polar surface area (TPSA) is 64.7 Å². The molecule has 0 spiro atoms. The first-order valence-electron chi connectivity index (χ1n) is 11.4. The van der Waals surface area contributed by atoms with Gasteiger partial charge in [0, 0.05) is 44.8 Å². The first kappa shape index (κ1) is 24.4. The van der Waals surface area contributed by atoms with Crippen LogP contribution in [0.2, 0.25) is 0 Å². The van der Waals surface area contributed by atoms with Crippen LogP contribution in [-0.4, -0.2) is 62.0 Å². The van der Waals surface area contributed by atoms with E-state index in [2.05, 4.69) is 15.5 Å². The highest BCUT2D eigenvalue weighted by Gasteiger charge is 2.31. The zero-order valence-corrected chi connectivity index (χ0v) is 18.6. The van der Waals surface area contributed by atoms with Crippen molar-refractivity contribution in [2.45, 2.75) is 51.2 Å². The number of hydrogen-bond acceptors (Lipinski definition) is 4. The predicted octanol–water partition coefficient (Wildman–Crippen LogP) is 3.03. The minimum Gasteiger partial charge on any atom is -0.369 e. The Balaban J connectivity index is 1.34. The molecule has 1 aliphatic carbocycles. The molecular weight excluding hydrogens is 421 g/mol. The Bertz CT molecular complexity index is 771. The molecule has 1 saturated heterocycles. The number of benzene rings is 1. The fraction of sp³-hybridized carbons (Fsp3) is 0.652. The third kappa shape index (κ3) is 7.39. The Morgan fingerprint density at radius 2 is 1.75 bits per heavy atom. The van der Waals surface area contributed by atoms with Gasteiger partial charge < -0.3 is 15.5 Å². The molecule has 9 heteroatoms. The van der Waals surface area contributed by atoms with Gasteiger partial charge in [0.15, 0.2) is 0 Å². The van der Waals surface area contributed by atoms with E-state index in [-0.39, 0.29) is 24.4 Å². The number of rotatable bonds is 7. The molecule has 0 unspecified atom stereocenters. The SMILES string of the molecule is CC(=O)NCC(=O)N[C@H]1CC[C@H](CCN2CCN(c3cccc(C(F)(F)F)c3)CC2)CC1. The molecule has 1 aromatic carbocycles. The third-order valence-electron chi connectivity index (χ3n) is 6.47. The van der Waals surface area contributed by atoms with Crippen LogP contribution in [0.3, 0.4) is 0 Å². The van der Waals surface area contributed by atoms with Crippen LogP contribution in [-0.2, 0) is 15.8 Å². The predicted molar refractivity (Wildman–Crippen MR) is 117 cm³/mol. The summed E-state index contributed by atoms with van der Waals surface area (Å²) in [5, 5.41) is 5.51. The molecule has 1 saturated carbocycles. The van der Waals surface area contributed by atoms with Gasteiger partial charge in [-0.1, -0.05) is 6.07 Å². The maximum absolute atomic E-state index is 13.0. The van der Waals surface area contributed by atoms with E-state index in [9.17, 15) is 22.8 Å². The van der Waals surface area contributed by atoms with E-state index in [0.29, 0.717) is 11.6 Å². The van der Waals surface area contributed by atoms with Gasteiger partial charge in [-0.15, -0.1) is 0 Å². The summed E-state index contributed by atoms with van der Waals surface area (Å²) in [7, 11) is 0. The lowest BCUT2D eigenvalue weighted by atomic mass is 9.84. The van der Waals surface area contributed by atoms with Crippen LogP contribution >= 0.6 is 0 Å². The summed E-state index contributed by atoms with van der Waals surface area (Å²) in [5.74, 6) is 0.293. The summed E-state index contributed by atoms with van der Waals surface area (Å²) in [6, 6.07) is 5.76. The molecule has 1 aromatic rings. The molecule has 2 fully saturated rings. The van der Waals surface area contributed by atoms with Crippen LogP contribution in [0.4, 0.5) is 18.9 Å². The normalized spacial score (nSPS) is 22.4. The van der Waals surface area contributed by atoms with Gasteiger partial charge in [0.2, 0.25) is 11.8 Å². The summed E-state index contributed by atoms with van der Waals surface area (Å²) in [6.07, 6.45) is 0.866. The Morgan fingerprint density at radius 1 is 1.06 bits per heavy atom. The first-order valence-corrected chi connectivity index (χ1v) is 11.4. The van der Waals surface area contributed by atoms with Crippen molar-refractivity contribution < 1.29 is 22.8 Å². The number of halogens is 3. The molecule has 0 aromatic heterocycles. The molecule has 2 N–H and O–H groups in total. The second-order valence-electron chi connectivity index (χ2n) is 8.86. The number of nitrogens with zero attached hydrogens (tertiary/aromatic N) is 2. The van der Waals surface area contributed by atoms with E-state index >= 15 is 0 Å². The van der Waals surface area contributed by atoms with E-state index < -0.39 is 11.7 Å². The maximum Gasteiger partial charge on any atom is 0.416 e. The van der Waals surface area contributed by atoms with E-state index in [1.54, 1.807) is 6.07 Å². The Labute approximate surface area is 187 Å². The zero-order valence-electron chi connectivity index (χ0n) is 18.6. The highest BCUT2D eigenvalue weighted by molar-refractivity contribution is 5.83. The molecule has 2 amide bonds. The Morgan fingerprint density at radius 3 is 2.38 bits per heavy atom. The van der Waals surface area contributed by atoms with Gasteiger partial charge in [0.05, 0.1) is 12.1 Å². The first-order chi connectivity index (χ1) is 15.2. The summed E-state index contributed by atoms with van der Waals surface area (Å²) in [6.45, 7) is 5.59. The standard InChI is InChI=1S/C23H33F3N4O2/c1-17(31)27-16-22(32)28-20-7-5-18(6-8-20)9-10-29-11-13-30(14-12-29)21-4-2-3-19(15-21)23(24,25)26/h2-4,15,18,20H,5-14,16H2,1H3,(H,27,31)(H,28,32)/t18-,20-. The number of hydrogen-bond donors (Lipinski definition) is 2. The largest absolute Gasteiger partial charge is 0.416 e. The van der Waals surface area contributed by atoms with Crippen molar-refractivity contribution in [1.29, 1.82) is 0 Å². The second-order valence-corrected chi connectivity index (χ2v) is 8.86. The Kier molecular flexibility index (Phi) is 8.39. The van der Waals surface area contributed by atoms with Crippen molar-refractivity contribution in [1.82, 2.24) is 15.5 Å². The van der Waals surface area contributed by atoms with Gasteiger partial charge in [-0.05, 0) is 62.8 Å². The average molecular weight is 455 g/mol. The lowest BCUT2D eigenvalue weighted by molar-refractivity contribution is -0.137. The molecule has 3 rings (SSSR count). The van der Waals surface area contributed by atoms with Crippen molar-refractivity contribution in [3.8, 4) is 0 Å². The highest BCUT2D eigenvalue weighted by atomic mass is 19.4. The van der Waals surface area contributed by atoms with Crippen molar-refractivity contribution in [3.05, 3.63) is 29.8 Å². The number of piperazine rings is 1. The van der Waals surface area contributed by atoms with Crippen LogP contribution in [0.25, 0.3) is 0 Å². The fourth-order valence-corrected chi connectivity index (χ4v) is 4.55. The number of amides is 2. The monoisotopic (exact) mass is 454 g/mol. The molecule has 1 aliphatic heterocycles. The van der Waals surface area contributed by atoms with Gasteiger partial charge in [0.25, 0.3) is 0 Å². The molecule has 178 valence electrons. The molecule has 2 aliphatic rings. The summed E-state index contributed by atoms with van der Waals surface area (Å²) >= 11 is 0. The third-order valence-corrected chi connectivity index (χ3v) is 6.47. The minimum absolute atomic E-state index is 0.0295. The van der Waals surface area contributed by atoms with Gasteiger partial charge >= 0.3 is 6.18 Å². The van der Waals surface area contributed by atoms with Crippen LogP contribution in [0.5, 0.6) is 0 Å². The molecule has 0 radical (unpaired) electrons. The molecule has 0 atom stereocenters. The van der Waals surface area contributed by atoms with Gasteiger partial charge in [-0.3, -0.25) is 14.5 Å². The van der Waals surface area contributed by atoms with Gasteiger partial charge in [-0.25, -0.2) is 0 Å². The average Bonchev–Trinajstić information content (AvgIpc) is 2.77. The van der Waals surface area contributed by atoms with E-state index in [1.807, 2.05) is 4.90 Å². The van der Waals surface area contributed by atoms with Crippen LogP contribution < -0.4 is 15.5 Å². The second kappa shape index (κ2) is 11.0. The van der Waals surface area contributed by atoms with Crippen LogP contribution in [0.15, 0.2) is 24.3 Å². The summed E-state index contributed by atoms with van der Waals surface area (Å²) < 4.78 is 38.9. The number of carbonyl (C=O) groups is 2. The summed E-state index contributed by atoms with van der Waals surface area (Å²) in [5.41, 5.74) is 0.0395. The number of anilines is 1. The highest BCUT2D eigenvalue weighted by Crippen LogP contribution is 2.32. The lowest BCUT2D eigenvalue weighted by Gasteiger charge is -2.37. The van der Waals surface area contributed by atoms with Crippen molar-refractivity contribution >= 4 is 17.5 Å². The smallest absolute Gasteiger partial charge is 0.369 e. The summed E-state index contributed by atoms with van der Waals surface area (Å²) in [4.78, 5) is 27.1. The van der Waals surface area contributed by atoms with Crippen LogP contribution in [0, 0.1) is 5.92 Å².